The quantitative estimate of drug-likeness (QED) is 0.326. The van der Waals surface area contributed by atoms with Crippen LogP contribution in [0.3, 0.4) is 0 Å². The average molecular weight is 524 g/mol. The zero-order chi connectivity index (χ0) is 22.7. The maximum Gasteiger partial charge on any atom is 0.270 e. The molecule has 1 heterocycles. The van der Waals surface area contributed by atoms with E-state index in [9.17, 15) is 9.59 Å². The van der Waals surface area contributed by atoms with Crippen LogP contribution in [-0.2, 0) is 9.59 Å². The van der Waals surface area contributed by atoms with Crippen LogP contribution in [-0.4, -0.2) is 30.1 Å². The molecule has 2 amide bonds. The van der Waals surface area contributed by atoms with Crippen LogP contribution in [0.5, 0.6) is 11.5 Å². The topological polar surface area (TPSA) is 67.9 Å². The number of carbonyl (C=O) groups is 2. The molecule has 0 radical (unpaired) electrons. The molecule has 0 saturated carbocycles. The number of halogens is 2. The third-order valence-corrected chi connectivity index (χ3v) is 5.79. The van der Waals surface area contributed by atoms with E-state index >= 15 is 0 Å². The molecule has 1 aliphatic heterocycles. The summed E-state index contributed by atoms with van der Waals surface area (Å²) in [5.74, 6) is -0.0528. The van der Waals surface area contributed by atoms with E-state index in [1.807, 2.05) is 20.8 Å². The van der Waals surface area contributed by atoms with Crippen molar-refractivity contribution in [2.45, 2.75) is 20.8 Å². The first kappa shape index (κ1) is 23.2. The summed E-state index contributed by atoms with van der Waals surface area (Å²) in [6, 6.07) is 8.60. The van der Waals surface area contributed by atoms with Crippen LogP contribution in [0.4, 0.5) is 5.69 Å². The molecule has 0 unspecified atom stereocenters. The Kier molecular flexibility index (Phi) is 7.35. The molecule has 0 aromatic heterocycles. The highest BCUT2D eigenvalue weighted by Crippen LogP contribution is 2.35. The number of anilines is 1. The van der Waals surface area contributed by atoms with Gasteiger partial charge in [-0.2, -0.15) is 0 Å². The molecule has 0 spiro atoms. The number of nitrogens with zero attached hydrogens (tertiary/aromatic N) is 1. The van der Waals surface area contributed by atoms with Crippen LogP contribution in [0, 0.1) is 6.92 Å². The number of amides is 2. The molecule has 0 aliphatic carbocycles. The first-order chi connectivity index (χ1) is 14.8. The number of carbonyl (C=O) groups excluding carboxylic acids is 2. The summed E-state index contributed by atoms with van der Waals surface area (Å²) in [5.41, 5.74) is 1.79. The van der Waals surface area contributed by atoms with Crippen LogP contribution in [0.2, 0.25) is 5.02 Å². The summed E-state index contributed by atoms with van der Waals surface area (Å²) in [4.78, 5) is 27.1. The molecule has 1 saturated heterocycles. The molecule has 6 nitrogen and oxygen atoms in total. The summed E-state index contributed by atoms with van der Waals surface area (Å²) >= 11 is 14.9. The third kappa shape index (κ3) is 4.92. The molecule has 1 fully saturated rings. The van der Waals surface area contributed by atoms with Crippen molar-refractivity contribution in [3.05, 3.63) is 56.5 Å². The number of thiocarbonyl (C=S) groups is 1. The monoisotopic (exact) mass is 522 g/mol. The Bertz CT molecular complexity index is 1100. The van der Waals surface area contributed by atoms with Crippen molar-refractivity contribution in [3.63, 3.8) is 0 Å². The SMILES string of the molecule is CCOc1cc(OCC)c(/C=C2\C(=O)NC(=S)N(c3ccc(C)c(Cl)c3)C2=O)cc1Br. The van der Waals surface area contributed by atoms with Crippen molar-refractivity contribution >= 4 is 68.4 Å². The fourth-order valence-corrected chi connectivity index (χ4v) is 3.91. The lowest BCUT2D eigenvalue weighted by Crippen LogP contribution is -2.54. The van der Waals surface area contributed by atoms with E-state index in [0.717, 1.165) is 5.56 Å². The first-order valence-corrected chi connectivity index (χ1v) is 11.1. The lowest BCUT2D eigenvalue weighted by atomic mass is 10.1. The van der Waals surface area contributed by atoms with Crippen LogP contribution >= 0.6 is 39.7 Å². The molecule has 1 N–H and O–H groups in total. The number of nitrogens with one attached hydrogen (secondary N) is 1. The number of aryl methyl sites for hydroxylation is 1. The smallest absolute Gasteiger partial charge is 0.270 e. The van der Waals surface area contributed by atoms with Crippen molar-refractivity contribution in [3.8, 4) is 11.5 Å². The largest absolute Gasteiger partial charge is 0.493 e. The van der Waals surface area contributed by atoms with Gasteiger partial charge in [0.25, 0.3) is 11.8 Å². The summed E-state index contributed by atoms with van der Waals surface area (Å²) in [5, 5.41) is 3.05. The highest BCUT2D eigenvalue weighted by Gasteiger charge is 2.35. The molecular formula is C22H20BrClN2O4S. The van der Waals surface area contributed by atoms with E-state index in [0.29, 0.717) is 45.5 Å². The van der Waals surface area contributed by atoms with Gasteiger partial charge in [0.15, 0.2) is 5.11 Å². The van der Waals surface area contributed by atoms with E-state index < -0.39 is 11.8 Å². The molecular weight excluding hydrogens is 504 g/mol. The van der Waals surface area contributed by atoms with Gasteiger partial charge in [-0.15, -0.1) is 0 Å². The van der Waals surface area contributed by atoms with Crippen molar-refractivity contribution < 1.29 is 19.1 Å². The van der Waals surface area contributed by atoms with Crippen molar-refractivity contribution in [1.29, 1.82) is 0 Å². The minimum absolute atomic E-state index is 0.00928. The average Bonchev–Trinajstić information content (AvgIpc) is 2.71. The Balaban J connectivity index is 2.07. The van der Waals surface area contributed by atoms with Crippen LogP contribution in [0.15, 0.2) is 40.4 Å². The van der Waals surface area contributed by atoms with Gasteiger partial charge in [-0.3, -0.25) is 19.8 Å². The predicted octanol–water partition coefficient (Wildman–Crippen LogP) is 5.04. The third-order valence-electron chi connectivity index (χ3n) is 4.48. The lowest BCUT2D eigenvalue weighted by Gasteiger charge is -2.29. The van der Waals surface area contributed by atoms with E-state index in [1.54, 1.807) is 30.3 Å². The van der Waals surface area contributed by atoms with Crippen LogP contribution in [0.25, 0.3) is 6.08 Å². The second-order valence-electron chi connectivity index (χ2n) is 6.58. The molecule has 2 aromatic carbocycles. The molecule has 1 aliphatic rings. The summed E-state index contributed by atoms with van der Waals surface area (Å²) < 4.78 is 12.0. The van der Waals surface area contributed by atoms with E-state index in [-0.39, 0.29) is 10.7 Å². The number of rotatable bonds is 6. The molecule has 3 rings (SSSR count). The van der Waals surface area contributed by atoms with Gasteiger partial charge in [0, 0.05) is 16.7 Å². The van der Waals surface area contributed by atoms with Gasteiger partial charge in [-0.1, -0.05) is 17.7 Å². The zero-order valence-corrected chi connectivity index (χ0v) is 20.3. The first-order valence-electron chi connectivity index (χ1n) is 9.53. The normalized spacial score (nSPS) is 15.3. The number of ether oxygens (including phenoxy) is 2. The van der Waals surface area contributed by atoms with Gasteiger partial charge in [0.2, 0.25) is 0 Å². The van der Waals surface area contributed by atoms with Gasteiger partial charge >= 0.3 is 0 Å². The molecule has 31 heavy (non-hydrogen) atoms. The summed E-state index contributed by atoms with van der Waals surface area (Å²) in [6.07, 6.45) is 1.48. The highest BCUT2D eigenvalue weighted by molar-refractivity contribution is 9.10. The molecule has 0 atom stereocenters. The van der Waals surface area contributed by atoms with Gasteiger partial charge in [0.05, 0.1) is 23.4 Å². The maximum atomic E-state index is 13.3. The number of benzene rings is 2. The maximum absolute atomic E-state index is 13.3. The molecule has 9 heteroatoms. The van der Waals surface area contributed by atoms with Gasteiger partial charge < -0.3 is 9.47 Å². The summed E-state index contributed by atoms with van der Waals surface area (Å²) in [7, 11) is 0. The summed E-state index contributed by atoms with van der Waals surface area (Å²) in [6.45, 7) is 6.47. The molecule has 162 valence electrons. The second kappa shape index (κ2) is 9.80. The minimum Gasteiger partial charge on any atom is -0.493 e. The van der Waals surface area contributed by atoms with Crippen LogP contribution < -0.4 is 19.7 Å². The standard InChI is InChI=1S/C22H20BrClN2O4S/c1-4-29-18-11-19(30-5-2)16(23)9-13(18)8-15-20(27)25-22(31)26(21(15)28)14-7-6-12(3)17(24)10-14/h6-11H,4-5H2,1-3H3,(H,25,27,31)/b15-8+. The zero-order valence-electron chi connectivity index (χ0n) is 17.1. The van der Waals surface area contributed by atoms with E-state index in [4.69, 9.17) is 33.3 Å². The predicted molar refractivity (Wildman–Crippen MR) is 129 cm³/mol. The van der Waals surface area contributed by atoms with Gasteiger partial charge in [-0.25, -0.2) is 0 Å². The Morgan fingerprint density at radius 3 is 2.45 bits per heavy atom. The number of hydrogen-bond donors (Lipinski definition) is 1. The molecule has 0 bridgehead atoms. The fraction of sp³-hybridized carbons (Fsp3) is 0.227. The molecule has 2 aromatic rings. The Morgan fingerprint density at radius 2 is 1.81 bits per heavy atom. The fourth-order valence-electron chi connectivity index (χ4n) is 2.98. The van der Waals surface area contributed by atoms with Crippen molar-refractivity contribution in [2.75, 3.05) is 18.1 Å². The Labute approximate surface area is 199 Å². The Morgan fingerprint density at radius 1 is 1.13 bits per heavy atom. The van der Waals surface area contributed by atoms with E-state index in [2.05, 4.69) is 21.2 Å². The van der Waals surface area contributed by atoms with Crippen LogP contribution in [0.1, 0.15) is 25.0 Å². The Hall–Kier alpha value is -2.42. The lowest BCUT2D eigenvalue weighted by molar-refractivity contribution is -0.122. The van der Waals surface area contributed by atoms with Crippen molar-refractivity contribution in [2.24, 2.45) is 0 Å². The highest BCUT2D eigenvalue weighted by atomic mass is 79.9. The minimum atomic E-state index is -0.586. The second-order valence-corrected chi connectivity index (χ2v) is 8.23. The number of hydrogen-bond acceptors (Lipinski definition) is 5. The van der Waals surface area contributed by atoms with Gasteiger partial charge in [0.1, 0.15) is 17.1 Å². The van der Waals surface area contributed by atoms with E-state index in [1.165, 1.54) is 11.0 Å². The van der Waals surface area contributed by atoms with Gasteiger partial charge in [-0.05, 0) is 78.8 Å². The van der Waals surface area contributed by atoms with Crippen molar-refractivity contribution in [1.82, 2.24) is 5.32 Å².